The maximum absolute atomic E-state index is 12.6. The zero-order valence-corrected chi connectivity index (χ0v) is 27.5. The number of benzene rings is 2. The third-order valence-corrected chi connectivity index (χ3v) is 12.4. The summed E-state index contributed by atoms with van der Waals surface area (Å²) in [5, 5.41) is 31.5. The summed E-state index contributed by atoms with van der Waals surface area (Å²) >= 11 is 3.75. The number of hydrogen-bond donors (Lipinski definition) is 6. The smallest absolute Gasteiger partial charge is 0.315 e. The van der Waals surface area contributed by atoms with Crippen molar-refractivity contribution in [2.45, 2.75) is 92.5 Å². The van der Waals surface area contributed by atoms with Crippen molar-refractivity contribution in [3.8, 4) is 0 Å². The molecule has 0 aliphatic carbocycles. The third-order valence-electron chi connectivity index (χ3n) is 9.37. The van der Waals surface area contributed by atoms with Crippen LogP contribution in [-0.2, 0) is 22.4 Å². The molecule has 2 aromatic carbocycles. The topological polar surface area (TPSA) is 157 Å². The second-order valence-electron chi connectivity index (χ2n) is 12.7. The summed E-state index contributed by atoms with van der Waals surface area (Å²) in [5.74, 6) is 0.426. The number of fused-ring (bicyclic) bond motifs is 2. The number of thioether (sulfide) groups is 2. The Balaban J connectivity index is 0.000000219. The van der Waals surface area contributed by atoms with Gasteiger partial charge in [0.2, 0.25) is 0 Å². The van der Waals surface area contributed by atoms with Crippen LogP contribution in [0.25, 0.3) is 0 Å². The molecule has 4 amide bonds. The minimum Gasteiger partial charge on any atom is -0.481 e. The van der Waals surface area contributed by atoms with Crippen molar-refractivity contribution in [1.29, 1.82) is 0 Å². The van der Waals surface area contributed by atoms with Crippen molar-refractivity contribution in [1.82, 2.24) is 21.3 Å². The quantitative estimate of drug-likeness (QED) is 0.125. The summed E-state index contributed by atoms with van der Waals surface area (Å²) in [7, 11) is 0. The van der Waals surface area contributed by atoms with Gasteiger partial charge in [-0.3, -0.25) is 9.59 Å². The number of nitrogens with one attached hydrogen (secondary N) is 4. The van der Waals surface area contributed by atoms with Crippen LogP contribution in [0.1, 0.15) is 56.1 Å². The fourth-order valence-corrected chi connectivity index (χ4v) is 10.1. The van der Waals surface area contributed by atoms with E-state index >= 15 is 0 Å². The van der Waals surface area contributed by atoms with Gasteiger partial charge in [-0.05, 0) is 49.7 Å². The number of unbranched alkanes of at least 4 members (excludes halogenated alkanes) is 1. The number of urea groups is 2. The van der Waals surface area contributed by atoms with Crippen LogP contribution in [0.2, 0.25) is 0 Å². The van der Waals surface area contributed by atoms with Gasteiger partial charge in [-0.15, -0.1) is 0 Å². The molecule has 0 bridgehead atoms. The Kier molecular flexibility index (Phi) is 11.8. The molecule has 4 fully saturated rings. The lowest BCUT2D eigenvalue weighted by atomic mass is 9.73. The van der Waals surface area contributed by atoms with E-state index in [0.29, 0.717) is 29.8 Å². The number of carbonyl (C=O) groups excluding carboxylic acids is 2. The van der Waals surface area contributed by atoms with Crippen LogP contribution in [0.3, 0.4) is 0 Å². The van der Waals surface area contributed by atoms with Crippen molar-refractivity contribution in [3.05, 3.63) is 71.8 Å². The number of carboxylic acids is 2. The molecule has 0 aromatic heterocycles. The van der Waals surface area contributed by atoms with Gasteiger partial charge < -0.3 is 31.5 Å². The van der Waals surface area contributed by atoms with Crippen LogP contribution < -0.4 is 21.3 Å². The highest BCUT2D eigenvalue weighted by Crippen LogP contribution is 2.38. The van der Waals surface area contributed by atoms with Gasteiger partial charge in [0.25, 0.3) is 0 Å². The standard InChI is InChI=1S/C24H28N2O3S.C10H16N2O3S/c27-22(28)24(14-17-8-3-1-4-9-17,15-18-10-5-2-6-11-18)13-7-12-20-21-19(16-30-20)25-23(29)26-21;13-8(14)4-2-1-3-7-9-6(5-16-7)11-10(15)12-9/h1-6,8-11,19-21H,7,12-16H2,(H,27,28)(H2,25,26,29);6-7,9H,1-5H2,(H,13,14)(H2,11,12,15)/t19-,20-,21-;6-,7-,9-/m00/s1. The van der Waals surface area contributed by atoms with Crippen LogP contribution in [-0.4, -0.2) is 80.4 Å². The minimum absolute atomic E-state index is 0.0640. The summed E-state index contributed by atoms with van der Waals surface area (Å²) < 4.78 is 0. The maximum atomic E-state index is 12.6. The average Bonchev–Trinajstić information content (AvgIpc) is 3.79. The number of carbonyl (C=O) groups is 4. The molecular weight excluding hydrogens is 625 g/mol. The summed E-state index contributed by atoms with van der Waals surface area (Å²) in [6.45, 7) is 0. The third kappa shape index (κ3) is 8.90. The van der Waals surface area contributed by atoms with Gasteiger partial charge in [0, 0.05) is 28.4 Å². The van der Waals surface area contributed by atoms with E-state index < -0.39 is 17.4 Å². The van der Waals surface area contributed by atoms with Gasteiger partial charge in [-0.25, -0.2) is 9.59 Å². The molecule has 0 unspecified atom stereocenters. The summed E-state index contributed by atoms with van der Waals surface area (Å²) in [5.41, 5.74) is 1.26. The number of carboxylic acid groups (broad SMARTS) is 2. The van der Waals surface area contributed by atoms with Crippen molar-refractivity contribution in [2.75, 3.05) is 11.5 Å². The Bertz CT molecular complexity index is 1310. The van der Waals surface area contributed by atoms with E-state index in [1.54, 1.807) is 0 Å². The Morgan fingerprint density at radius 1 is 0.696 bits per heavy atom. The molecule has 2 aromatic rings. The van der Waals surface area contributed by atoms with E-state index in [1.807, 2.05) is 84.2 Å². The molecule has 0 radical (unpaired) electrons. The Morgan fingerprint density at radius 3 is 1.63 bits per heavy atom. The van der Waals surface area contributed by atoms with Gasteiger partial charge in [0.1, 0.15) is 0 Å². The molecule has 0 spiro atoms. The molecule has 6 rings (SSSR count). The predicted molar refractivity (Wildman–Crippen MR) is 181 cm³/mol. The summed E-state index contributed by atoms with van der Waals surface area (Å²) in [6.07, 6.45) is 6.25. The molecule has 12 heteroatoms. The second-order valence-corrected chi connectivity index (χ2v) is 15.2. The lowest BCUT2D eigenvalue weighted by molar-refractivity contribution is -0.149. The molecular formula is C34H44N4O6S2. The van der Waals surface area contributed by atoms with Crippen LogP contribution >= 0.6 is 23.5 Å². The van der Waals surface area contributed by atoms with Gasteiger partial charge >= 0.3 is 24.0 Å². The number of aliphatic carboxylic acids is 2. The van der Waals surface area contributed by atoms with E-state index in [-0.39, 0.29) is 42.7 Å². The SMILES string of the molecule is O=C(O)CCCC[C@@H]1SC[C@@H]2NC(=O)N[C@@H]21.O=C1N[C@H]2[C@H](CS[C@H]2CCCC(Cc2ccccc2)(Cc2ccccc2)C(=O)O)N1. The first-order valence-corrected chi connectivity index (χ1v) is 18.2. The van der Waals surface area contributed by atoms with Gasteiger partial charge in [-0.2, -0.15) is 23.5 Å². The van der Waals surface area contributed by atoms with Crippen LogP contribution in [0.15, 0.2) is 60.7 Å². The van der Waals surface area contributed by atoms with Gasteiger partial charge in [0.05, 0.1) is 29.6 Å². The van der Waals surface area contributed by atoms with E-state index in [0.717, 1.165) is 54.7 Å². The van der Waals surface area contributed by atoms with E-state index in [1.165, 1.54) is 0 Å². The van der Waals surface area contributed by atoms with Gasteiger partial charge in [0.15, 0.2) is 0 Å². The molecule has 6 N–H and O–H groups in total. The minimum atomic E-state index is -0.845. The number of hydrogen-bond acceptors (Lipinski definition) is 6. The largest absolute Gasteiger partial charge is 0.481 e. The van der Waals surface area contributed by atoms with Crippen LogP contribution in [0.5, 0.6) is 0 Å². The Labute approximate surface area is 278 Å². The van der Waals surface area contributed by atoms with Crippen molar-refractivity contribution < 1.29 is 29.4 Å². The molecule has 10 nitrogen and oxygen atoms in total. The van der Waals surface area contributed by atoms with Gasteiger partial charge in [-0.1, -0.05) is 73.5 Å². The van der Waals surface area contributed by atoms with Crippen molar-refractivity contribution in [3.63, 3.8) is 0 Å². The van der Waals surface area contributed by atoms with Crippen LogP contribution in [0, 0.1) is 5.41 Å². The molecule has 6 atom stereocenters. The highest BCUT2D eigenvalue weighted by atomic mass is 32.2. The van der Waals surface area contributed by atoms with E-state index in [4.69, 9.17) is 5.11 Å². The number of amides is 4. The highest BCUT2D eigenvalue weighted by Gasteiger charge is 2.44. The molecule has 46 heavy (non-hydrogen) atoms. The monoisotopic (exact) mass is 668 g/mol. The zero-order chi connectivity index (χ0) is 32.5. The second kappa shape index (κ2) is 15.9. The first-order valence-electron chi connectivity index (χ1n) is 16.1. The molecule has 0 saturated carbocycles. The lowest BCUT2D eigenvalue weighted by Gasteiger charge is -2.31. The van der Waals surface area contributed by atoms with E-state index in [9.17, 15) is 24.3 Å². The summed E-state index contributed by atoms with van der Waals surface area (Å²) in [6, 6.07) is 20.6. The molecule has 248 valence electrons. The molecule has 4 saturated heterocycles. The first-order chi connectivity index (χ1) is 22.2. The van der Waals surface area contributed by atoms with Crippen molar-refractivity contribution in [2.24, 2.45) is 5.41 Å². The van der Waals surface area contributed by atoms with E-state index in [2.05, 4.69) is 21.3 Å². The van der Waals surface area contributed by atoms with Crippen molar-refractivity contribution >= 4 is 47.5 Å². The lowest BCUT2D eigenvalue weighted by Crippen LogP contribution is -2.38. The molecule has 4 heterocycles. The maximum Gasteiger partial charge on any atom is 0.315 e. The Hall–Kier alpha value is -3.38. The fraction of sp³-hybridized carbons (Fsp3) is 0.529. The normalized spacial score (nSPS) is 26.1. The number of rotatable bonds is 14. The first kappa shape index (κ1) is 34.0. The fourth-order valence-electron chi connectivity index (χ4n) is 7.02. The average molecular weight is 669 g/mol. The molecule has 4 aliphatic rings. The van der Waals surface area contributed by atoms with Crippen LogP contribution in [0.4, 0.5) is 9.59 Å². The highest BCUT2D eigenvalue weighted by molar-refractivity contribution is 8.00. The molecule has 4 aliphatic heterocycles. The Morgan fingerprint density at radius 2 is 1.17 bits per heavy atom. The zero-order valence-electron chi connectivity index (χ0n) is 25.9. The predicted octanol–water partition coefficient (Wildman–Crippen LogP) is 4.68. The summed E-state index contributed by atoms with van der Waals surface area (Å²) in [4.78, 5) is 45.7.